The number of nitrogens with one attached hydrogen (secondary N) is 2. The fourth-order valence-corrected chi connectivity index (χ4v) is 3.72. The van der Waals surface area contributed by atoms with E-state index in [-0.39, 0.29) is 29.8 Å². The van der Waals surface area contributed by atoms with Gasteiger partial charge in [-0.3, -0.25) is 4.79 Å². The van der Waals surface area contributed by atoms with Crippen LogP contribution in [0.25, 0.3) is 0 Å². The van der Waals surface area contributed by atoms with E-state index in [0.29, 0.717) is 10.9 Å². The van der Waals surface area contributed by atoms with Crippen molar-refractivity contribution in [3.8, 4) is 0 Å². The molecular formula is C20H25ClN2O3S. The second-order valence-electron chi connectivity index (χ2n) is 6.71. The van der Waals surface area contributed by atoms with Gasteiger partial charge in [0.1, 0.15) is 0 Å². The van der Waals surface area contributed by atoms with Crippen LogP contribution >= 0.6 is 11.6 Å². The van der Waals surface area contributed by atoms with Crippen molar-refractivity contribution >= 4 is 27.5 Å². The van der Waals surface area contributed by atoms with Gasteiger partial charge in [0.2, 0.25) is 15.9 Å². The molecule has 1 atom stereocenters. The summed E-state index contributed by atoms with van der Waals surface area (Å²) in [5.74, 6) is 0.108. The molecule has 2 aromatic carbocycles. The summed E-state index contributed by atoms with van der Waals surface area (Å²) >= 11 is 5.86. The zero-order valence-electron chi connectivity index (χ0n) is 15.7. The van der Waals surface area contributed by atoms with Gasteiger partial charge in [-0.15, -0.1) is 0 Å². The molecule has 0 radical (unpaired) electrons. The van der Waals surface area contributed by atoms with E-state index in [1.165, 1.54) is 0 Å². The number of sulfonamides is 1. The molecule has 0 aliphatic heterocycles. The molecule has 0 bridgehead atoms. The molecule has 27 heavy (non-hydrogen) atoms. The molecule has 0 aromatic heterocycles. The second-order valence-corrected chi connectivity index (χ2v) is 8.92. The van der Waals surface area contributed by atoms with Crippen LogP contribution < -0.4 is 10.0 Å². The summed E-state index contributed by atoms with van der Waals surface area (Å²) in [5, 5.41) is 3.48. The van der Waals surface area contributed by atoms with Crippen LogP contribution in [-0.2, 0) is 14.8 Å². The maximum absolute atomic E-state index is 12.3. The lowest BCUT2D eigenvalue weighted by Crippen LogP contribution is -2.32. The molecule has 0 spiro atoms. The van der Waals surface area contributed by atoms with E-state index in [1.54, 1.807) is 36.4 Å². The summed E-state index contributed by atoms with van der Waals surface area (Å²) in [6.07, 6.45) is 0.0568. The lowest BCUT2D eigenvalue weighted by molar-refractivity contribution is -0.121. The van der Waals surface area contributed by atoms with Gasteiger partial charge >= 0.3 is 0 Å². The number of benzene rings is 2. The maximum Gasteiger partial charge on any atom is 0.240 e. The molecule has 2 aromatic rings. The fraction of sp³-hybridized carbons (Fsp3) is 0.350. The Morgan fingerprint density at radius 1 is 0.963 bits per heavy atom. The number of rotatable bonds is 8. The van der Waals surface area contributed by atoms with E-state index in [0.717, 1.165) is 11.1 Å². The van der Waals surface area contributed by atoms with Crippen molar-refractivity contribution in [2.75, 3.05) is 6.54 Å². The number of amides is 1. The Balaban J connectivity index is 1.85. The first kappa shape index (κ1) is 21.4. The second kappa shape index (κ2) is 9.35. The van der Waals surface area contributed by atoms with Gasteiger partial charge in [0.15, 0.2) is 0 Å². The Labute approximate surface area is 166 Å². The Morgan fingerprint density at radius 3 is 2.07 bits per heavy atom. The lowest BCUT2D eigenvalue weighted by Gasteiger charge is -2.15. The number of carbonyl (C=O) groups excluding carboxylic acids is 1. The number of halogens is 1. The zero-order valence-corrected chi connectivity index (χ0v) is 17.3. The normalized spacial score (nSPS) is 12.8. The summed E-state index contributed by atoms with van der Waals surface area (Å²) in [5.41, 5.74) is 2.00. The SMILES string of the molecule is CC(C)c1ccc(S(=O)(=O)NCCC(=O)NC(C)c2ccc(Cl)cc2)cc1. The first-order valence-corrected chi connectivity index (χ1v) is 10.7. The van der Waals surface area contributed by atoms with Crippen LogP contribution in [0.5, 0.6) is 0 Å². The summed E-state index contributed by atoms with van der Waals surface area (Å²) in [4.78, 5) is 12.3. The Morgan fingerprint density at radius 2 is 1.52 bits per heavy atom. The predicted molar refractivity (Wildman–Crippen MR) is 108 cm³/mol. The van der Waals surface area contributed by atoms with Crippen LogP contribution in [0.15, 0.2) is 53.4 Å². The highest BCUT2D eigenvalue weighted by atomic mass is 35.5. The fourth-order valence-electron chi connectivity index (χ4n) is 2.56. The molecule has 0 saturated carbocycles. The van der Waals surface area contributed by atoms with Gasteiger partial charge in [-0.2, -0.15) is 0 Å². The minimum atomic E-state index is -3.63. The molecule has 0 aliphatic carbocycles. The maximum atomic E-state index is 12.3. The zero-order chi connectivity index (χ0) is 20.0. The van der Waals surface area contributed by atoms with Crippen LogP contribution in [0.4, 0.5) is 0 Å². The van der Waals surface area contributed by atoms with Crippen molar-refractivity contribution < 1.29 is 13.2 Å². The number of hydrogen-bond donors (Lipinski definition) is 2. The highest BCUT2D eigenvalue weighted by molar-refractivity contribution is 7.89. The molecule has 0 heterocycles. The average molecular weight is 409 g/mol. The van der Waals surface area contributed by atoms with E-state index in [4.69, 9.17) is 11.6 Å². The Bertz CT molecular complexity index is 863. The molecule has 0 saturated heterocycles. The Hall–Kier alpha value is -1.89. The number of carbonyl (C=O) groups is 1. The van der Waals surface area contributed by atoms with Crippen molar-refractivity contribution in [1.82, 2.24) is 10.0 Å². The van der Waals surface area contributed by atoms with Crippen LogP contribution in [0.2, 0.25) is 5.02 Å². The van der Waals surface area contributed by atoms with Gasteiger partial charge in [0, 0.05) is 18.0 Å². The largest absolute Gasteiger partial charge is 0.350 e. The molecule has 2 rings (SSSR count). The van der Waals surface area contributed by atoms with Gasteiger partial charge in [-0.05, 0) is 48.2 Å². The van der Waals surface area contributed by atoms with Gasteiger partial charge < -0.3 is 5.32 Å². The summed E-state index contributed by atoms with van der Waals surface area (Å²) in [7, 11) is -3.63. The first-order chi connectivity index (χ1) is 12.7. The monoisotopic (exact) mass is 408 g/mol. The molecule has 0 aliphatic rings. The van der Waals surface area contributed by atoms with Crippen molar-refractivity contribution in [2.45, 2.75) is 44.0 Å². The lowest BCUT2D eigenvalue weighted by atomic mass is 10.0. The van der Waals surface area contributed by atoms with E-state index in [9.17, 15) is 13.2 Å². The smallest absolute Gasteiger partial charge is 0.240 e. The molecule has 1 unspecified atom stereocenters. The molecule has 7 heteroatoms. The van der Waals surface area contributed by atoms with E-state index in [1.807, 2.05) is 32.9 Å². The molecule has 1 amide bonds. The van der Waals surface area contributed by atoms with Crippen LogP contribution in [0.1, 0.15) is 50.3 Å². The molecule has 2 N–H and O–H groups in total. The van der Waals surface area contributed by atoms with E-state index in [2.05, 4.69) is 10.0 Å². The van der Waals surface area contributed by atoms with Crippen molar-refractivity contribution in [2.24, 2.45) is 0 Å². The van der Waals surface area contributed by atoms with Gasteiger partial charge in [-0.25, -0.2) is 13.1 Å². The van der Waals surface area contributed by atoms with Crippen LogP contribution in [0, 0.1) is 0 Å². The van der Waals surface area contributed by atoms with Gasteiger partial charge in [0.25, 0.3) is 0 Å². The highest BCUT2D eigenvalue weighted by Gasteiger charge is 2.15. The minimum absolute atomic E-state index is 0.0352. The van der Waals surface area contributed by atoms with Gasteiger partial charge in [-0.1, -0.05) is 49.7 Å². The third-order valence-electron chi connectivity index (χ3n) is 4.25. The topological polar surface area (TPSA) is 75.3 Å². The standard InChI is InChI=1S/C20H25ClN2O3S/c1-14(2)16-6-10-19(11-7-16)27(25,26)22-13-12-20(24)23-15(3)17-4-8-18(21)9-5-17/h4-11,14-15,22H,12-13H2,1-3H3,(H,23,24). The van der Waals surface area contributed by atoms with Crippen LogP contribution in [0.3, 0.4) is 0 Å². The third-order valence-corrected chi connectivity index (χ3v) is 5.98. The highest BCUT2D eigenvalue weighted by Crippen LogP contribution is 2.18. The van der Waals surface area contributed by atoms with Gasteiger partial charge in [0.05, 0.1) is 10.9 Å². The first-order valence-electron chi connectivity index (χ1n) is 8.83. The minimum Gasteiger partial charge on any atom is -0.350 e. The molecule has 0 fully saturated rings. The quantitative estimate of drug-likeness (QED) is 0.692. The van der Waals surface area contributed by atoms with E-state index < -0.39 is 10.0 Å². The predicted octanol–water partition coefficient (Wildman–Crippen LogP) is 4.01. The number of hydrogen-bond acceptors (Lipinski definition) is 3. The average Bonchev–Trinajstić information content (AvgIpc) is 2.62. The third kappa shape index (κ3) is 6.34. The van der Waals surface area contributed by atoms with Crippen molar-refractivity contribution in [1.29, 1.82) is 0 Å². The molecule has 146 valence electrons. The summed E-state index contributed by atoms with van der Waals surface area (Å²) in [6.45, 7) is 5.99. The summed E-state index contributed by atoms with van der Waals surface area (Å²) < 4.78 is 27.1. The Kier molecular flexibility index (Phi) is 7.41. The van der Waals surface area contributed by atoms with E-state index >= 15 is 0 Å². The van der Waals surface area contributed by atoms with Crippen LogP contribution in [-0.4, -0.2) is 20.9 Å². The molecular weight excluding hydrogens is 384 g/mol. The summed E-state index contributed by atoms with van der Waals surface area (Å²) in [6, 6.07) is 13.8. The van der Waals surface area contributed by atoms with Crippen molar-refractivity contribution in [3.05, 3.63) is 64.7 Å². The molecule has 5 nitrogen and oxygen atoms in total. The van der Waals surface area contributed by atoms with Crippen molar-refractivity contribution in [3.63, 3.8) is 0 Å².